The van der Waals surface area contributed by atoms with E-state index in [9.17, 15) is 14.4 Å². The molecule has 2 atom stereocenters. The number of nitrogens with zero attached hydrogens (tertiary/aromatic N) is 6. The van der Waals surface area contributed by atoms with Crippen molar-refractivity contribution in [2.45, 2.75) is 66.0 Å². The van der Waals surface area contributed by atoms with Crippen LogP contribution >= 0.6 is 0 Å². The molecule has 3 aromatic rings. The lowest BCUT2D eigenvalue weighted by molar-refractivity contribution is -0.128. The molecule has 4 rings (SSSR count). The summed E-state index contributed by atoms with van der Waals surface area (Å²) in [7, 11) is 3.45. The summed E-state index contributed by atoms with van der Waals surface area (Å²) in [5.41, 5.74) is 10.1. The van der Waals surface area contributed by atoms with Crippen molar-refractivity contribution >= 4 is 40.8 Å². The van der Waals surface area contributed by atoms with Gasteiger partial charge < -0.3 is 20.9 Å². The number of likely N-dealkylation sites (N-methyl/N-ethyl adjacent to an activating group) is 1. The first-order chi connectivity index (χ1) is 19.4. The van der Waals surface area contributed by atoms with Gasteiger partial charge in [-0.2, -0.15) is 5.10 Å². The summed E-state index contributed by atoms with van der Waals surface area (Å²) in [5.74, 6) is 0.0826. The van der Waals surface area contributed by atoms with Gasteiger partial charge >= 0.3 is 0 Å². The quantitative estimate of drug-likeness (QED) is 0.329. The van der Waals surface area contributed by atoms with Crippen molar-refractivity contribution < 1.29 is 14.4 Å². The molecule has 1 aliphatic heterocycles. The van der Waals surface area contributed by atoms with Crippen LogP contribution in [0.4, 0.5) is 11.5 Å². The first-order valence-corrected chi connectivity index (χ1v) is 13.8. The van der Waals surface area contributed by atoms with Gasteiger partial charge in [-0.1, -0.05) is 26.0 Å². The third-order valence-corrected chi connectivity index (χ3v) is 7.62. The summed E-state index contributed by atoms with van der Waals surface area (Å²) in [5, 5.41) is 8.01. The Morgan fingerprint density at radius 2 is 1.88 bits per heavy atom. The number of nitrogens with two attached hydrogens (primary N) is 1. The number of nitrogen functional groups attached to an aromatic ring is 1. The molecule has 11 nitrogen and oxygen atoms in total. The third kappa shape index (κ3) is 6.72. The SMILES string of the molecule is C=CC.Cc1c(CC(=O)N(C)C)ccc(NC(=O)c2nn(C3CCC(C(C)C)N(C=O)C3)c3ncnc(N)c23)c1C. The molecular weight excluding hydrogens is 520 g/mol. The second-order valence-electron chi connectivity index (χ2n) is 10.9. The number of hydrogen-bond acceptors (Lipinski definition) is 7. The van der Waals surface area contributed by atoms with E-state index in [1.54, 1.807) is 35.8 Å². The number of carbonyl (C=O) groups is 3. The number of likely N-dealkylation sites (tertiary alicyclic amines) is 1. The zero-order chi connectivity index (χ0) is 30.4. The number of aromatic nitrogens is 4. The average Bonchev–Trinajstić information content (AvgIpc) is 3.34. The summed E-state index contributed by atoms with van der Waals surface area (Å²) in [4.78, 5) is 49.4. The third-order valence-electron chi connectivity index (χ3n) is 7.62. The van der Waals surface area contributed by atoms with Gasteiger partial charge in [0.15, 0.2) is 11.3 Å². The molecule has 0 aliphatic carbocycles. The van der Waals surface area contributed by atoms with Gasteiger partial charge in [0.05, 0.1) is 17.8 Å². The van der Waals surface area contributed by atoms with Crippen LogP contribution in [0.5, 0.6) is 0 Å². The van der Waals surface area contributed by atoms with Crippen LogP contribution < -0.4 is 11.1 Å². The minimum Gasteiger partial charge on any atom is -0.383 e. The van der Waals surface area contributed by atoms with Crippen molar-refractivity contribution in [1.29, 1.82) is 0 Å². The molecule has 0 spiro atoms. The predicted octanol–water partition coefficient (Wildman–Crippen LogP) is 3.92. The molecule has 0 bridgehead atoms. The van der Waals surface area contributed by atoms with E-state index in [0.717, 1.165) is 35.9 Å². The van der Waals surface area contributed by atoms with Crippen LogP contribution in [0.3, 0.4) is 0 Å². The smallest absolute Gasteiger partial charge is 0.277 e. The normalized spacial score (nSPS) is 16.6. The van der Waals surface area contributed by atoms with Crippen molar-refractivity contribution in [3.05, 3.63) is 53.5 Å². The van der Waals surface area contributed by atoms with Gasteiger partial charge in [-0.25, -0.2) is 14.6 Å². The molecule has 0 saturated carbocycles. The van der Waals surface area contributed by atoms with Gasteiger partial charge in [0, 0.05) is 32.4 Å². The highest BCUT2D eigenvalue weighted by molar-refractivity contribution is 6.13. The van der Waals surface area contributed by atoms with E-state index in [1.165, 1.54) is 6.33 Å². The molecule has 220 valence electrons. The van der Waals surface area contributed by atoms with Crippen LogP contribution in [-0.4, -0.2) is 74.5 Å². The fraction of sp³-hybridized carbons (Fsp3) is 0.467. The fourth-order valence-corrected chi connectivity index (χ4v) is 5.15. The van der Waals surface area contributed by atoms with Crippen LogP contribution in [0, 0.1) is 19.8 Å². The molecule has 1 aromatic carbocycles. The zero-order valence-electron chi connectivity index (χ0n) is 25.1. The second kappa shape index (κ2) is 13.4. The number of piperidine rings is 1. The molecule has 3 amide bonds. The highest BCUT2D eigenvalue weighted by Crippen LogP contribution is 2.32. The lowest BCUT2D eigenvalue weighted by atomic mass is 9.91. The number of hydrogen-bond donors (Lipinski definition) is 2. The first kappa shape index (κ1) is 31.3. The molecule has 3 N–H and O–H groups in total. The van der Waals surface area contributed by atoms with Crippen LogP contribution in [0.2, 0.25) is 0 Å². The Labute approximate surface area is 241 Å². The maximum atomic E-state index is 13.5. The first-order valence-electron chi connectivity index (χ1n) is 13.8. The van der Waals surface area contributed by atoms with E-state index in [4.69, 9.17) is 5.73 Å². The average molecular weight is 563 g/mol. The highest BCUT2D eigenvalue weighted by Gasteiger charge is 2.33. The molecule has 2 unspecified atom stereocenters. The van der Waals surface area contributed by atoms with Crippen molar-refractivity contribution in [2.24, 2.45) is 5.92 Å². The van der Waals surface area contributed by atoms with Crippen molar-refractivity contribution in [3.63, 3.8) is 0 Å². The van der Waals surface area contributed by atoms with Gasteiger partial charge in [0.2, 0.25) is 12.3 Å². The van der Waals surface area contributed by atoms with Crippen LogP contribution in [0.25, 0.3) is 11.0 Å². The number of rotatable bonds is 7. The Morgan fingerprint density at radius 1 is 1.20 bits per heavy atom. The standard InChI is InChI=1S/C27H36N8O3.C3H6/c1-15(2)21-10-8-19(12-34(21)14-36)35-26-23(25(28)29-13-30-26)24(32-35)27(38)31-20-9-7-18(16(3)17(20)4)11-22(37)33(5)6;1-3-2/h7,9,13-15,19,21H,8,10-12H2,1-6H3,(H,31,38)(H2,28,29,30);3H,1H2,2H3. The number of fused-ring (bicyclic) bond motifs is 1. The van der Waals surface area contributed by atoms with Crippen LogP contribution in [-0.2, 0) is 16.0 Å². The number of amides is 3. The van der Waals surface area contributed by atoms with E-state index in [-0.39, 0.29) is 35.9 Å². The van der Waals surface area contributed by atoms with Gasteiger partial charge in [-0.3, -0.25) is 14.4 Å². The Balaban J connectivity index is 0.00000147. The van der Waals surface area contributed by atoms with E-state index in [1.807, 2.05) is 31.7 Å². The molecule has 3 heterocycles. The summed E-state index contributed by atoms with van der Waals surface area (Å²) in [6.45, 7) is 13.8. The van der Waals surface area contributed by atoms with E-state index < -0.39 is 5.91 Å². The number of anilines is 2. The molecule has 1 saturated heterocycles. The Morgan fingerprint density at radius 3 is 2.49 bits per heavy atom. The van der Waals surface area contributed by atoms with E-state index in [2.05, 4.69) is 40.8 Å². The van der Waals surface area contributed by atoms with Crippen molar-refractivity contribution in [1.82, 2.24) is 29.5 Å². The van der Waals surface area contributed by atoms with Gasteiger partial charge in [-0.05, 0) is 62.3 Å². The van der Waals surface area contributed by atoms with Crippen LogP contribution in [0.1, 0.15) is 66.8 Å². The summed E-state index contributed by atoms with van der Waals surface area (Å²) < 4.78 is 1.71. The Hall–Kier alpha value is -4.28. The van der Waals surface area contributed by atoms with Gasteiger partial charge in [0.25, 0.3) is 5.91 Å². The topological polar surface area (TPSA) is 139 Å². The maximum absolute atomic E-state index is 13.5. The van der Waals surface area contributed by atoms with Crippen molar-refractivity contribution in [2.75, 3.05) is 31.7 Å². The molecule has 2 aromatic heterocycles. The molecular formula is C30H42N8O3. The molecule has 41 heavy (non-hydrogen) atoms. The fourth-order valence-electron chi connectivity index (χ4n) is 5.15. The monoisotopic (exact) mass is 562 g/mol. The number of benzene rings is 1. The van der Waals surface area contributed by atoms with Gasteiger partial charge in [-0.15, -0.1) is 6.58 Å². The number of carbonyl (C=O) groups excluding carboxylic acids is 3. The summed E-state index contributed by atoms with van der Waals surface area (Å²) in [6, 6.07) is 3.67. The molecule has 11 heteroatoms. The lowest BCUT2D eigenvalue weighted by Gasteiger charge is -2.39. The van der Waals surface area contributed by atoms with E-state index >= 15 is 0 Å². The predicted molar refractivity (Wildman–Crippen MR) is 162 cm³/mol. The Kier molecular flexibility index (Phi) is 10.2. The van der Waals surface area contributed by atoms with Gasteiger partial charge in [0.1, 0.15) is 12.1 Å². The molecule has 0 radical (unpaired) electrons. The number of nitrogens with one attached hydrogen (secondary N) is 1. The number of allylic oxidation sites excluding steroid dienone is 1. The van der Waals surface area contributed by atoms with Crippen LogP contribution in [0.15, 0.2) is 31.1 Å². The molecule has 1 fully saturated rings. The highest BCUT2D eigenvalue weighted by atomic mass is 16.2. The minimum atomic E-state index is -0.432. The lowest BCUT2D eigenvalue weighted by Crippen LogP contribution is -2.45. The maximum Gasteiger partial charge on any atom is 0.277 e. The zero-order valence-corrected chi connectivity index (χ0v) is 25.1. The minimum absolute atomic E-state index is 0.00680. The summed E-state index contributed by atoms with van der Waals surface area (Å²) >= 11 is 0. The van der Waals surface area contributed by atoms with E-state index in [0.29, 0.717) is 29.2 Å². The summed E-state index contributed by atoms with van der Waals surface area (Å²) in [6.07, 6.45) is 5.90. The largest absolute Gasteiger partial charge is 0.383 e. The second-order valence-corrected chi connectivity index (χ2v) is 10.9. The Bertz CT molecular complexity index is 1430. The van der Waals surface area contributed by atoms with Crippen molar-refractivity contribution in [3.8, 4) is 0 Å². The molecule has 1 aliphatic rings.